The molecule has 2 amide bonds. The van der Waals surface area contributed by atoms with Gasteiger partial charge in [0.25, 0.3) is 11.8 Å². The van der Waals surface area contributed by atoms with Crippen LogP contribution in [0.2, 0.25) is 5.02 Å². The molecule has 4 atom stereocenters. The molecule has 1 saturated heterocycles. The minimum absolute atomic E-state index is 0.00654. The smallest absolute Gasteiger partial charge is 0.255 e. The van der Waals surface area contributed by atoms with Crippen molar-refractivity contribution in [1.82, 2.24) is 10.2 Å². The molecule has 2 aromatic rings. The molecule has 0 radical (unpaired) electrons. The van der Waals surface area contributed by atoms with Crippen LogP contribution in [0.5, 0.6) is 0 Å². The summed E-state index contributed by atoms with van der Waals surface area (Å²) >= 11 is 6.40. The van der Waals surface area contributed by atoms with Crippen LogP contribution in [0.25, 0.3) is 0 Å². The molecule has 0 aromatic heterocycles. The van der Waals surface area contributed by atoms with E-state index in [1.165, 1.54) is 12.5 Å². The number of halogens is 1. The molecule has 0 aliphatic carbocycles. The van der Waals surface area contributed by atoms with Crippen molar-refractivity contribution in [2.45, 2.75) is 78.7 Å². The highest BCUT2D eigenvalue weighted by Gasteiger charge is 2.26. The van der Waals surface area contributed by atoms with E-state index in [0.29, 0.717) is 38.5 Å². The topological polar surface area (TPSA) is 99.8 Å². The van der Waals surface area contributed by atoms with Gasteiger partial charge >= 0.3 is 0 Å². The zero-order valence-corrected chi connectivity index (χ0v) is 27.6. The zero-order chi connectivity index (χ0) is 31.2. The number of anilines is 1. The van der Waals surface area contributed by atoms with Gasteiger partial charge in [0.2, 0.25) is 0 Å². The molecule has 1 fully saturated rings. The number of carbonyl (C=O) groups excluding carboxylic acids is 2. The molecule has 7 nitrogen and oxygen atoms in total. The number of hydrogen-bond donors (Lipinski definition) is 3. The fourth-order valence-electron chi connectivity index (χ4n) is 4.41. The highest BCUT2D eigenvalue weighted by atomic mass is 35.5. The van der Waals surface area contributed by atoms with Gasteiger partial charge in [0.1, 0.15) is 0 Å². The van der Waals surface area contributed by atoms with Crippen molar-refractivity contribution in [2.75, 3.05) is 18.4 Å². The van der Waals surface area contributed by atoms with E-state index in [1.807, 2.05) is 44.3 Å². The number of aliphatic imine (C=N–C) groups is 1. The van der Waals surface area contributed by atoms with Crippen LogP contribution in [-0.4, -0.2) is 47.8 Å². The Kier molecular flexibility index (Phi) is 15.1. The highest BCUT2D eigenvalue weighted by molar-refractivity contribution is 7.45. The van der Waals surface area contributed by atoms with Gasteiger partial charge in [0.15, 0.2) is 0 Å². The van der Waals surface area contributed by atoms with Gasteiger partial charge in [0, 0.05) is 42.6 Å². The van der Waals surface area contributed by atoms with E-state index in [-0.39, 0.29) is 34.7 Å². The normalized spacial score (nSPS) is 20.0. The maximum atomic E-state index is 12.9. The number of nitrogens with two attached hydrogens (primary N) is 1. The first-order valence-electron chi connectivity index (χ1n) is 14.9. The van der Waals surface area contributed by atoms with E-state index in [2.05, 4.69) is 56.0 Å². The van der Waals surface area contributed by atoms with Gasteiger partial charge in [-0.15, -0.1) is 0 Å². The molecule has 2 aromatic carbocycles. The van der Waals surface area contributed by atoms with Crippen molar-refractivity contribution >= 4 is 43.9 Å². The monoisotopic (exact) mass is 611 g/mol. The number of nitrogens with one attached hydrogen (secondary N) is 2. The first kappa shape index (κ1) is 35.4. The lowest BCUT2D eigenvalue weighted by Gasteiger charge is -2.25. The fourth-order valence-corrected chi connectivity index (χ4v) is 5.85. The summed E-state index contributed by atoms with van der Waals surface area (Å²) in [7, 11) is 0.526. The Morgan fingerprint density at radius 1 is 1.21 bits per heavy atom. The Labute approximate surface area is 258 Å². The van der Waals surface area contributed by atoms with Crippen LogP contribution in [0.4, 0.5) is 5.69 Å². The van der Waals surface area contributed by atoms with Gasteiger partial charge in [0.05, 0.1) is 22.1 Å². The number of hydrogen-bond acceptors (Lipinski definition) is 5. The van der Waals surface area contributed by atoms with Gasteiger partial charge in [-0.25, -0.2) is 0 Å². The number of nitrogens with zero attached hydrogens (tertiary/aromatic N) is 2. The molecule has 2 heterocycles. The Balaban J connectivity index is 0.00000116. The van der Waals surface area contributed by atoms with Crippen LogP contribution in [0.1, 0.15) is 93.1 Å². The first-order chi connectivity index (χ1) is 20.2. The third-order valence-electron chi connectivity index (χ3n) is 6.45. The molecule has 3 unspecified atom stereocenters. The Morgan fingerprint density at radius 2 is 1.93 bits per heavy atom. The molecule has 42 heavy (non-hydrogen) atoms. The minimum atomic E-state index is -0.297. The summed E-state index contributed by atoms with van der Waals surface area (Å²) in [6.45, 7) is 17.7. The number of likely N-dealkylation sites (tertiary alicyclic amines) is 1. The quantitative estimate of drug-likeness (QED) is 0.279. The maximum Gasteiger partial charge on any atom is 0.255 e. The zero-order valence-electron chi connectivity index (χ0n) is 25.8. The molecule has 2 aliphatic rings. The number of benzene rings is 2. The van der Waals surface area contributed by atoms with Crippen molar-refractivity contribution < 1.29 is 9.59 Å². The summed E-state index contributed by atoms with van der Waals surface area (Å²) in [5.41, 5.74) is 9.37. The summed E-state index contributed by atoms with van der Waals surface area (Å²) in [6.07, 6.45) is 7.01. The van der Waals surface area contributed by atoms with Gasteiger partial charge in [-0.1, -0.05) is 86.0 Å². The van der Waals surface area contributed by atoms with Crippen LogP contribution in [0, 0.1) is 0 Å². The predicted molar refractivity (Wildman–Crippen MR) is 181 cm³/mol. The average molecular weight is 612 g/mol. The Morgan fingerprint density at radius 3 is 2.52 bits per heavy atom. The third kappa shape index (κ3) is 10.2. The third-order valence-corrected chi connectivity index (χ3v) is 7.99. The van der Waals surface area contributed by atoms with Crippen LogP contribution >= 0.6 is 20.2 Å². The Hall–Kier alpha value is -2.83. The lowest BCUT2D eigenvalue weighted by atomic mass is 10.1. The summed E-state index contributed by atoms with van der Waals surface area (Å²) < 4.78 is 0. The Bertz CT molecular complexity index is 1280. The van der Waals surface area contributed by atoms with Crippen molar-refractivity contribution in [1.29, 1.82) is 0 Å². The molecule has 4 N–H and O–H groups in total. The second kappa shape index (κ2) is 18.0. The molecule has 0 spiro atoms. The largest absolute Gasteiger partial charge is 0.337 e. The second-order valence-electron chi connectivity index (χ2n) is 10.0. The van der Waals surface area contributed by atoms with E-state index in [0.717, 1.165) is 29.4 Å². The number of carbonyl (C=O) groups is 2. The molecular weight excluding hydrogens is 565 g/mol. The summed E-state index contributed by atoms with van der Waals surface area (Å²) in [6, 6.07) is 12.5. The molecule has 0 saturated carbocycles. The number of allylic oxidation sites excluding steroid dienone is 2. The summed E-state index contributed by atoms with van der Waals surface area (Å²) in [5, 5.41) is 7.84. The molecule has 0 bridgehead atoms. The molecule has 228 valence electrons. The van der Waals surface area contributed by atoms with Crippen molar-refractivity contribution in [3.63, 3.8) is 0 Å². The molecule has 2 aliphatic heterocycles. The fraction of sp³-hybridized carbons (Fsp3) is 0.424. The van der Waals surface area contributed by atoms with E-state index in [1.54, 1.807) is 17.0 Å². The van der Waals surface area contributed by atoms with E-state index >= 15 is 0 Å². The summed E-state index contributed by atoms with van der Waals surface area (Å²) in [4.78, 5) is 31.9. The summed E-state index contributed by atoms with van der Waals surface area (Å²) in [5.74, 6) is -0.340. The van der Waals surface area contributed by atoms with Crippen molar-refractivity contribution in [2.24, 2.45) is 10.7 Å². The standard InChI is InChI=1S/C28H33ClN5O2P.C3H8.C2H6/c1-4-6-25-18(3)37-26(15-31-25)32-17(2)19-7-5-8-22(13-19)33-27(35)20-9-10-23(24(29)14-20)28(36)34-12-11-21(30)16-34;1-3-2;1-2/h5-10,13-15,17,21,26,32,37H,3-4,11-12,16,30H2,1-2H3,(H,33,35);3H2,1-2H3;1-2H3/b25-6+;;/t17?,21-,26?;;/m1../s1. The second-order valence-corrected chi connectivity index (χ2v) is 12.0. The van der Waals surface area contributed by atoms with Crippen molar-refractivity contribution in [3.8, 4) is 0 Å². The van der Waals surface area contributed by atoms with Crippen LogP contribution in [0.15, 0.2) is 71.1 Å². The number of amides is 2. The molecule has 9 heteroatoms. The van der Waals surface area contributed by atoms with Crippen molar-refractivity contribution in [3.05, 3.63) is 87.8 Å². The lowest BCUT2D eigenvalue weighted by molar-refractivity contribution is 0.0790. The van der Waals surface area contributed by atoms with E-state index < -0.39 is 0 Å². The van der Waals surface area contributed by atoms with Gasteiger partial charge in [-0.2, -0.15) is 0 Å². The lowest BCUT2D eigenvalue weighted by Crippen LogP contribution is -2.32. The highest BCUT2D eigenvalue weighted by Crippen LogP contribution is 2.37. The van der Waals surface area contributed by atoms with E-state index in [9.17, 15) is 9.59 Å². The van der Waals surface area contributed by atoms with Gasteiger partial charge < -0.3 is 16.0 Å². The predicted octanol–water partition coefficient (Wildman–Crippen LogP) is 7.76. The first-order valence-corrected chi connectivity index (χ1v) is 16.3. The molecular formula is C33H47ClN5O2P. The maximum absolute atomic E-state index is 12.9. The van der Waals surface area contributed by atoms with Gasteiger partial charge in [-0.05, 0) is 61.0 Å². The average Bonchev–Trinajstić information content (AvgIpc) is 3.42. The van der Waals surface area contributed by atoms with Crippen LogP contribution in [0.3, 0.4) is 0 Å². The SMILES string of the molecule is C=C1PC(NC(C)c2cccc(NC(=O)c3ccc(C(=O)N4CC[C@@H](N)C4)c(Cl)c3)c2)C=N/C1=C/CC.CC.CCC. The number of rotatable bonds is 7. The molecule has 4 rings (SSSR count). The minimum Gasteiger partial charge on any atom is -0.337 e. The van der Waals surface area contributed by atoms with Gasteiger partial charge in [-0.3, -0.25) is 19.9 Å². The van der Waals surface area contributed by atoms with E-state index in [4.69, 9.17) is 17.3 Å². The van der Waals surface area contributed by atoms with Crippen LogP contribution in [-0.2, 0) is 0 Å². The van der Waals surface area contributed by atoms with Crippen LogP contribution < -0.4 is 16.4 Å².